The number of carbonyl (C=O) groups is 2. The second-order valence-electron chi connectivity index (χ2n) is 2.73. The molecule has 1 N–H and O–H groups in total. The van der Waals surface area contributed by atoms with E-state index in [9.17, 15) is 9.59 Å². The van der Waals surface area contributed by atoms with Crippen molar-refractivity contribution in [1.82, 2.24) is 0 Å². The molecule has 0 aliphatic rings. The lowest BCUT2D eigenvalue weighted by Gasteiger charge is -2.01. The monoisotopic (exact) mass is 189 g/mol. The standard InChI is InChI=1S/C11H11NO2/c1-2-3-11(14)12-10-6-4-9(8-13)5-7-10/h2-8H,1H3,(H,12,14). The minimum atomic E-state index is -0.175. The van der Waals surface area contributed by atoms with Gasteiger partial charge in [0.05, 0.1) is 0 Å². The summed E-state index contributed by atoms with van der Waals surface area (Å²) >= 11 is 0. The van der Waals surface area contributed by atoms with Crippen LogP contribution in [0.15, 0.2) is 36.4 Å². The van der Waals surface area contributed by atoms with Crippen LogP contribution in [0.3, 0.4) is 0 Å². The van der Waals surface area contributed by atoms with Crippen LogP contribution in [0.1, 0.15) is 17.3 Å². The van der Waals surface area contributed by atoms with Gasteiger partial charge in [-0.25, -0.2) is 0 Å². The van der Waals surface area contributed by atoms with E-state index in [2.05, 4.69) is 5.32 Å². The van der Waals surface area contributed by atoms with E-state index in [4.69, 9.17) is 0 Å². The van der Waals surface area contributed by atoms with Crippen molar-refractivity contribution < 1.29 is 9.59 Å². The van der Waals surface area contributed by atoms with Crippen LogP contribution in [-0.2, 0) is 4.79 Å². The Kier molecular flexibility index (Phi) is 3.61. The topological polar surface area (TPSA) is 46.2 Å². The first-order chi connectivity index (χ1) is 6.76. The first kappa shape index (κ1) is 10.2. The van der Waals surface area contributed by atoms with Gasteiger partial charge in [0, 0.05) is 11.3 Å². The van der Waals surface area contributed by atoms with Crippen LogP contribution in [0.5, 0.6) is 0 Å². The number of carbonyl (C=O) groups excluding carboxylic acids is 2. The Morgan fingerprint density at radius 1 is 1.29 bits per heavy atom. The molecule has 0 spiro atoms. The molecule has 0 saturated heterocycles. The molecule has 3 heteroatoms. The Balaban J connectivity index is 2.68. The van der Waals surface area contributed by atoms with Crippen LogP contribution in [0.2, 0.25) is 0 Å². The third-order valence-corrected chi connectivity index (χ3v) is 1.63. The van der Waals surface area contributed by atoms with Gasteiger partial charge in [-0.15, -0.1) is 0 Å². The predicted octanol–water partition coefficient (Wildman–Crippen LogP) is 2.01. The van der Waals surface area contributed by atoms with Crippen molar-refractivity contribution in [1.29, 1.82) is 0 Å². The maximum atomic E-state index is 11.1. The molecule has 0 aromatic heterocycles. The molecule has 0 heterocycles. The fraction of sp³-hybridized carbons (Fsp3) is 0.0909. The highest BCUT2D eigenvalue weighted by atomic mass is 16.1. The van der Waals surface area contributed by atoms with E-state index in [0.29, 0.717) is 11.3 Å². The third-order valence-electron chi connectivity index (χ3n) is 1.63. The summed E-state index contributed by atoms with van der Waals surface area (Å²) in [5, 5.41) is 2.65. The first-order valence-corrected chi connectivity index (χ1v) is 4.25. The molecule has 1 rings (SSSR count). The van der Waals surface area contributed by atoms with Crippen LogP contribution in [0.25, 0.3) is 0 Å². The van der Waals surface area contributed by atoms with Gasteiger partial charge in [0.15, 0.2) is 0 Å². The molecule has 0 radical (unpaired) electrons. The van der Waals surface area contributed by atoms with E-state index >= 15 is 0 Å². The maximum absolute atomic E-state index is 11.1. The van der Waals surface area contributed by atoms with Gasteiger partial charge in [0.2, 0.25) is 5.91 Å². The molecule has 1 aromatic rings. The third kappa shape index (κ3) is 2.86. The molecule has 0 atom stereocenters. The number of aldehydes is 1. The van der Waals surface area contributed by atoms with Gasteiger partial charge in [-0.05, 0) is 37.3 Å². The average molecular weight is 189 g/mol. The Labute approximate surface area is 82.4 Å². The van der Waals surface area contributed by atoms with Crippen molar-refractivity contribution in [3.8, 4) is 0 Å². The number of allylic oxidation sites excluding steroid dienone is 1. The SMILES string of the molecule is CC=CC(=O)Nc1ccc(C=O)cc1. The molecular formula is C11H11NO2. The lowest BCUT2D eigenvalue weighted by atomic mass is 10.2. The highest BCUT2D eigenvalue weighted by molar-refractivity contribution is 5.99. The van der Waals surface area contributed by atoms with Crippen molar-refractivity contribution in [3.63, 3.8) is 0 Å². The van der Waals surface area contributed by atoms with Crippen molar-refractivity contribution in [2.75, 3.05) is 5.32 Å². The normalized spacial score (nSPS) is 10.1. The molecule has 1 amide bonds. The molecule has 0 aliphatic heterocycles. The molecule has 0 bridgehead atoms. The van der Waals surface area contributed by atoms with Gasteiger partial charge in [-0.1, -0.05) is 6.08 Å². The molecule has 0 aliphatic carbocycles. The number of rotatable bonds is 3. The summed E-state index contributed by atoms with van der Waals surface area (Å²) in [4.78, 5) is 21.4. The van der Waals surface area contributed by atoms with Gasteiger partial charge < -0.3 is 5.32 Å². The van der Waals surface area contributed by atoms with E-state index in [1.165, 1.54) is 6.08 Å². The lowest BCUT2D eigenvalue weighted by molar-refractivity contribution is -0.111. The number of nitrogens with one attached hydrogen (secondary N) is 1. The van der Waals surface area contributed by atoms with Gasteiger partial charge in [0.1, 0.15) is 6.29 Å². The summed E-state index contributed by atoms with van der Waals surface area (Å²) in [7, 11) is 0. The number of hydrogen-bond donors (Lipinski definition) is 1. The van der Waals surface area contributed by atoms with Crippen molar-refractivity contribution in [2.24, 2.45) is 0 Å². The minimum absolute atomic E-state index is 0.175. The molecule has 0 fully saturated rings. The predicted molar refractivity (Wildman–Crippen MR) is 55.3 cm³/mol. The van der Waals surface area contributed by atoms with E-state index in [0.717, 1.165) is 6.29 Å². The van der Waals surface area contributed by atoms with E-state index in [1.54, 1.807) is 37.3 Å². The first-order valence-electron chi connectivity index (χ1n) is 4.25. The molecule has 72 valence electrons. The van der Waals surface area contributed by atoms with E-state index < -0.39 is 0 Å². The van der Waals surface area contributed by atoms with Crippen molar-refractivity contribution >= 4 is 17.9 Å². The second kappa shape index (κ2) is 4.97. The fourth-order valence-corrected chi connectivity index (χ4v) is 0.980. The highest BCUT2D eigenvalue weighted by Crippen LogP contribution is 2.07. The van der Waals surface area contributed by atoms with Gasteiger partial charge in [0.25, 0.3) is 0 Å². The molecule has 0 unspecified atom stereocenters. The minimum Gasteiger partial charge on any atom is -0.323 e. The summed E-state index contributed by atoms with van der Waals surface area (Å²) in [5.74, 6) is -0.175. The summed E-state index contributed by atoms with van der Waals surface area (Å²) < 4.78 is 0. The Hall–Kier alpha value is -1.90. The zero-order valence-electron chi connectivity index (χ0n) is 7.86. The Bertz CT molecular complexity index is 352. The number of anilines is 1. The zero-order chi connectivity index (χ0) is 10.4. The molecule has 1 aromatic carbocycles. The maximum Gasteiger partial charge on any atom is 0.248 e. The van der Waals surface area contributed by atoms with Crippen molar-refractivity contribution in [3.05, 3.63) is 42.0 Å². The second-order valence-corrected chi connectivity index (χ2v) is 2.73. The average Bonchev–Trinajstić information content (AvgIpc) is 2.19. The summed E-state index contributed by atoms with van der Waals surface area (Å²) in [6.07, 6.45) is 3.86. The molecule has 3 nitrogen and oxygen atoms in total. The smallest absolute Gasteiger partial charge is 0.248 e. The van der Waals surface area contributed by atoms with Crippen LogP contribution in [0, 0.1) is 0 Å². The van der Waals surface area contributed by atoms with Gasteiger partial charge in [-0.3, -0.25) is 9.59 Å². The van der Waals surface area contributed by atoms with Gasteiger partial charge in [-0.2, -0.15) is 0 Å². The lowest BCUT2D eigenvalue weighted by Crippen LogP contribution is -2.07. The summed E-state index contributed by atoms with van der Waals surface area (Å²) in [6, 6.07) is 6.67. The van der Waals surface area contributed by atoms with Gasteiger partial charge >= 0.3 is 0 Å². The van der Waals surface area contributed by atoms with Crippen LogP contribution < -0.4 is 5.32 Å². The summed E-state index contributed by atoms with van der Waals surface area (Å²) in [6.45, 7) is 1.77. The number of benzene rings is 1. The molecule has 14 heavy (non-hydrogen) atoms. The molecule has 0 saturated carbocycles. The Morgan fingerprint density at radius 3 is 2.43 bits per heavy atom. The van der Waals surface area contributed by atoms with Crippen LogP contribution >= 0.6 is 0 Å². The van der Waals surface area contributed by atoms with E-state index in [-0.39, 0.29) is 5.91 Å². The Morgan fingerprint density at radius 2 is 1.93 bits per heavy atom. The number of hydrogen-bond acceptors (Lipinski definition) is 2. The summed E-state index contributed by atoms with van der Waals surface area (Å²) in [5.41, 5.74) is 1.27. The van der Waals surface area contributed by atoms with E-state index in [1.807, 2.05) is 0 Å². The zero-order valence-corrected chi connectivity index (χ0v) is 7.86. The van der Waals surface area contributed by atoms with Crippen LogP contribution in [0.4, 0.5) is 5.69 Å². The fourth-order valence-electron chi connectivity index (χ4n) is 0.980. The highest BCUT2D eigenvalue weighted by Gasteiger charge is 1.96. The van der Waals surface area contributed by atoms with Crippen molar-refractivity contribution in [2.45, 2.75) is 6.92 Å². The number of amides is 1. The largest absolute Gasteiger partial charge is 0.323 e. The quantitative estimate of drug-likeness (QED) is 0.584. The van der Waals surface area contributed by atoms with Crippen LogP contribution in [-0.4, -0.2) is 12.2 Å². The molecular weight excluding hydrogens is 178 g/mol.